The number of amides is 1. The molecule has 0 aliphatic carbocycles. The molecule has 0 aromatic heterocycles. The van der Waals surface area contributed by atoms with Crippen molar-refractivity contribution in [2.45, 2.75) is 13.5 Å². The van der Waals surface area contributed by atoms with E-state index in [-0.39, 0.29) is 5.91 Å². The van der Waals surface area contributed by atoms with Crippen molar-refractivity contribution in [3.8, 4) is 11.5 Å². The Morgan fingerprint density at radius 3 is 2.27 bits per heavy atom. The van der Waals surface area contributed by atoms with E-state index in [1.165, 1.54) is 16.7 Å². The Bertz CT molecular complexity index is 1210. The van der Waals surface area contributed by atoms with Gasteiger partial charge in [-0.3, -0.25) is 9.69 Å². The highest BCUT2D eigenvalue weighted by molar-refractivity contribution is 8.27. The molecule has 0 atom stereocenters. The summed E-state index contributed by atoms with van der Waals surface area (Å²) < 4.78 is 12.2. The first-order valence-corrected chi connectivity index (χ1v) is 12.1. The zero-order valence-electron chi connectivity index (χ0n) is 17.6. The molecular weight excluding hydrogens is 497 g/mol. The van der Waals surface area contributed by atoms with E-state index in [4.69, 9.17) is 44.9 Å². The summed E-state index contributed by atoms with van der Waals surface area (Å²) in [5, 5.41) is 1.28. The van der Waals surface area contributed by atoms with Gasteiger partial charge < -0.3 is 9.47 Å². The minimum atomic E-state index is -0.173. The average Bonchev–Trinajstić information content (AvgIpc) is 3.08. The normalized spacial score (nSPS) is 14.8. The maximum absolute atomic E-state index is 13.0. The Morgan fingerprint density at radius 1 is 0.939 bits per heavy atom. The predicted octanol–water partition coefficient (Wildman–Crippen LogP) is 7.38. The second-order valence-corrected chi connectivity index (χ2v) is 9.60. The van der Waals surface area contributed by atoms with Crippen molar-refractivity contribution >= 4 is 69.2 Å². The molecule has 1 amide bonds. The second kappa shape index (κ2) is 10.6. The highest BCUT2D eigenvalue weighted by Gasteiger charge is 2.33. The van der Waals surface area contributed by atoms with Crippen LogP contribution in [0.25, 0.3) is 6.08 Å². The van der Waals surface area contributed by atoms with Crippen molar-refractivity contribution in [1.29, 1.82) is 0 Å². The molecule has 4 rings (SSSR count). The van der Waals surface area contributed by atoms with Crippen LogP contribution in [0.3, 0.4) is 0 Å². The lowest BCUT2D eigenvalue weighted by Gasteiger charge is -2.14. The topological polar surface area (TPSA) is 38.8 Å². The minimum Gasteiger partial charge on any atom is -0.490 e. The molecule has 8 heteroatoms. The number of rotatable bonds is 7. The molecule has 0 spiro atoms. The minimum absolute atomic E-state index is 0.173. The number of thioether (sulfide) groups is 1. The first-order chi connectivity index (χ1) is 15.9. The van der Waals surface area contributed by atoms with Gasteiger partial charge in [-0.15, -0.1) is 0 Å². The van der Waals surface area contributed by atoms with Crippen LogP contribution >= 0.6 is 47.2 Å². The van der Waals surface area contributed by atoms with Crippen LogP contribution in [0.5, 0.6) is 11.5 Å². The smallest absolute Gasteiger partial charge is 0.270 e. The van der Waals surface area contributed by atoms with Crippen LogP contribution in [0.1, 0.15) is 18.1 Å². The Kier molecular flexibility index (Phi) is 7.60. The summed E-state index contributed by atoms with van der Waals surface area (Å²) in [6.07, 6.45) is 1.81. The molecule has 1 aliphatic heterocycles. The molecular formula is C25H19Cl2NO3S2. The van der Waals surface area contributed by atoms with E-state index in [0.717, 1.165) is 11.1 Å². The number of thiocarbonyl (C=S) groups is 1. The lowest BCUT2D eigenvalue weighted by atomic mass is 10.1. The zero-order chi connectivity index (χ0) is 23.4. The quantitative estimate of drug-likeness (QED) is 0.242. The Hall–Kier alpha value is -2.51. The summed E-state index contributed by atoms with van der Waals surface area (Å²) in [5.74, 6) is 1.06. The van der Waals surface area contributed by atoms with Crippen LogP contribution in [0.4, 0.5) is 5.69 Å². The fourth-order valence-electron chi connectivity index (χ4n) is 3.18. The van der Waals surface area contributed by atoms with Crippen LogP contribution in [-0.2, 0) is 11.4 Å². The molecule has 168 valence electrons. The number of benzene rings is 3. The van der Waals surface area contributed by atoms with E-state index < -0.39 is 0 Å². The second-order valence-electron chi connectivity index (χ2n) is 7.05. The molecule has 1 aliphatic rings. The van der Waals surface area contributed by atoms with E-state index in [0.29, 0.717) is 49.7 Å². The van der Waals surface area contributed by atoms with Crippen molar-refractivity contribution in [3.05, 3.63) is 92.8 Å². The zero-order valence-corrected chi connectivity index (χ0v) is 20.7. The molecule has 0 unspecified atom stereocenters. The van der Waals surface area contributed by atoms with Crippen molar-refractivity contribution in [1.82, 2.24) is 0 Å². The lowest BCUT2D eigenvalue weighted by Crippen LogP contribution is -2.27. The molecule has 0 saturated carbocycles. The standard InChI is InChI=1S/C25H19Cl2NO3S2/c1-2-30-22-13-17(5-12-21(22)31-15-16-3-6-18(26)7-4-16)14-23-24(29)28(25(32)33-23)20-10-8-19(27)9-11-20/h3-14H,2,15H2,1H3/b23-14-. The summed E-state index contributed by atoms with van der Waals surface area (Å²) in [6, 6.07) is 20.1. The molecule has 1 fully saturated rings. The monoisotopic (exact) mass is 515 g/mol. The van der Waals surface area contributed by atoms with Gasteiger partial charge in [-0.2, -0.15) is 0 Å². The predicted molar refractivity (Wildman–Crippen MR) is 140 cm³/mol. The van der Waals surface area contributed by atoms with Gasteiger partial charge in [0.05, 0.1) is 17.2 Å². The number of nitrogens with zero attached hydrogens (tertiary/aromatic N) is 1. The van der Waals surface area contributed by atoms with Crippen LogP contribution in [0.15, 0.2) is 71.6 Å². The van der Waals surface area contributed by atoms with Gasteiger partial charge in [-0.25, -0.2) is 0 Å². The SMILES string of the molecule is CCOc1cc(/C=C2\SC(=S)N(c3ccc(Cl)cc3)C2=O)ccc1OCc1ccc(Cl)cc1. The highest BCUT2D eigenvalue weighted by atomic mass is 35.5. The van der Waals surface area contributed by atoms with Crippen LogP contribution < -0.4 is 14.4 Å². The number of carbonyl (C=O) groups is 1. The number of halogens is 2. The number of hydrogen-bond acceptors (Lipinski definition) is 5. The molecule has 4 nitrogen and oxygen atoms in total. The van der Waals surface area contributed by atoms with E-state index in [1.807, 2.05) is 49.4 Å². The molecule has 3 aromatic rings. The third-order valence-corrected chi connectivity index (χ3v) is 6.56. The number of anilines is 1. The van der Waals surface area contributed by atoms with Crippen LogP contribution in [0, 0.1) is 0 Å². The summed E-state index contributed by atoms with van der Waals surface area (Å²) in [6.45, 7) is 2.78. The van der Waals surface area contributed by atoms with Gasteiger partial charge in [-0.1, -0.05) is 65.4 Å². The van der Waals surface area contributed by atoms with Crippen molar-refractivity contribution in [2.24, 2.45) is 0 Å². The molecule has 0 N–H and O–H groups in total. The van der Waals surface area contributed by atoms with E-state index in [9.17, 15) is 4.79 Å². The first kappa shape index (κ1) is 23.6. The third-order valence-electron chi connectivity index (χ3n) is 4.75. The lowest BCUT2D eigenvalue weighted by molar-refractivity contribution is -0.113. The molecule has 1 saturated heterocycles. The number of hydrogen-bond donors (Lipinski definition) is 0. The number of ether oxygens (including phenoxy) is 2. The fourth-order valence-corrected chi connectivity index (χ4v) is 4.73. The van der Waals surface area contributed by atoms with E-state index in [1.54, 1.807) is 30.3 Å². The molecule has 0 bridgehead atoms. The Morgan fingerprint density at radius 2 is 1.61 bits per heavy atom. The van der Waals surface area contributed by atoms with Gasteiger partial charge in [0.2, 0.25) is 0 Å². The van der Waals surface area contributed by atoms with Gasteiger partial charge in [-0.05, 0) is 72.7 Å². The summed E-state index contributed by atoms with van der Waals surface area (Å²) >= 11 is 18.6. The maximum atomic E-state index is 13.0. The maximum Gasteiger partial charge on any atom is 0.270 e. The molecule has 1 heterocycles. The van der Waals surface area contributed by atoms with Gasteiger partial charge in [0.1, 0.15) is 6.61 Å². The van der Waals surface area contributed by atoms with Crippen LogP contribution in [-0.4, -0.2) is 16.8 Å². The van der Waals surface area contributed by atoms with Crippen LogP contribution in [0.2, 0.25) is 10.0 Å². The Labute approximate surface area is 212 Å². The average molecular weight is 516 g/mol. The highest BCUT2D eigenvalue weighted by Crippen LogP contribution is 2.37. The Balaban J connectivity index is 1.54. The number of carbonyl (C=O) groups excluding carboxylic acids is 1. The van der Waals surface area contributed by atoms with Gasteiger partial charge in [0.25, 0.3) is 5.91 Å². The van der Waals surface area contributed by atoms with E-state index in [2.05, 4.69) is 0 Å². The fraction of sp³-hybridized carbons (Fsp3) is 0.120. The third kappa shape index (κ3) is 5.71. The van der Waals surface area contributed by atoms with Gasteiger partial charge in [0.15, 0.2) is 15.8 Å². The van der Waals surface area contributed by atoms with E-state index >= 15 is 0 Å². The van der Waals surface area contributed by atoms with Gasteiger partial charge in [0, 0.05) is 10.0 Å². The largest absolute Gasteiger partial charge is 0.490 e. The summed E-state index contributed by atoms with van der Waals surface area (Å²) in [4.78, 5) is 15.1. The molecule has 0 radical (unpaired) electrons. The summed E-state index contributed by atoms with van der Waals surface area (Å²) in [5.41, 5.74) is 2.50. The summed E-state index contributed by atoms with van der Waals surface area (Å²) in [7, 11) is 0. The van der Waals surface area contributed by atoms with Crippen molar-refractivity contribution in [3.63, 3.8) is 0 Å². The molecule has 3 aromatic carbocycles. The first-order valence-electron chi connectivity index (χ1n) is 10.1. The van der Waals surface area contributed by atoms with Gasteiger partial charge >= 0.3 is 0 Å². The molecule has 33 heavy (non-hydrogen) atoms. The van der Waals surface area contributed by atoms with Crippen molar-refractivity contribution in [2.75, 3.05) is 11.5 Å². The van der Waals surface area contributed by atoms with Crippen molar-refractivity contribution < 1.29 is 14.3 Å².